The van der Waals surface area contributed by atoms with Crippen molar-refractivity contribution >= 4 is 11.9 Å². The quantitative estimate of drug-likeness (QED) is 0.755. The lowest BCUT2D eigenvalue weighted by molar-refractivity contribution is -0.149. The Bertz CT molecular complexity index is 586. The number of nitrogens with one attached hydrogen (secondary N) is 1. The molecular formula is C20H29NO3. The maximum Gasteiger partial charge on any atom is 0.307 e. The molecule has 24 heavy (non-hydrogen) atoms. The molecule has 2 saturated carbocycles. The van der Waals surface area contributed by atoms with E-state index in [0.717, 1.165) is 32.1 Å². The van der Waals surface area contributed by atoms with Gasteiger partial charge in [0.1, 0.15) is 0 Å². The molecule has 132 valence electrons. The van der Waals surface area contributed by atoms with Gasteiger partial charge in [0.05, 0.1) is 11.8 Å². The van der Waals surface area contributed by atoms with Crippen LogP contribution >= 0.6 is 0 Å². The molecule has 4 heteroatoms. The first-order chi connectivity index (χ1) is 11.5. The summed E-state index contributed by atoms with van der Waals surface area (Å²) in [6, 6.07) is 0. The van der Waals surface area contributed by atoms with Gasteiger partial charge in [-0.05, 0) is 70.6 Å². The van der Waals surface area contributed by atoms with Crippen molar-refractivity contribution in [3.8, 4) is 0 Å². The Hall–Kier alpha value is -1.58. The van der Waals surface area contributed by atoms with Crippen molar-refractivity contribution in [3.05, 3.63) is 22.8 Å². The molecule has 0 radical (unpaired) electrons. The van der Waals surface area contributed by atoms with E-state index >= 15 is 0 Å². The monoisotopic (exact) mass is 331 g/mol. The van der Waals surface area contributed by atoms with Gasteiger partial charge in [0.2, 0.25) is 5.91 Å². The fraction of sp³-hybridized carbons (Fsp3) is 0.700. The van der Waals surface area contributed by atoms with Gasteiger partial charge >= 0.3 is 5.97 Å². The van der Waals surface area contributed by atoms with E-state index < -0.39 is 11.9 Å². The summed E-state index contributed by atoms with van der Waals surface area (Å²) in [5, 5.41) is 12.7. The van der Waals surface area contributed by atoms with Crippen molar-refractivity contribution in [2.45, 2.75) is 58.8 Å². The number of carbonyl (C=O) groups excluding carboxylic acids is 1. The average Bonchev–Trinajstić information content (AvgIpc) is 3.11. The third-order valence-corrected chi connectivity index (χ3v) is 6.14. The number of carbonyl (C=O) groups is 2. The van der Waals surface area contributed by atoms with Crippen molar-refractivity contribution in [2.24, 2.45) is 23.7 Å². The molecule has 3 aliphatic carbocycles. The van der Waals surface area contributed by atoms with Crippen LogP contribution in [-0.4, -0.2) is 23.5 Å². The molecule has 0 aromatic heterocycles. The summed E-state index contributed by atoms with van der Waals surface area (Å²) in [6.45, 7) is 4.74. The fourth-order valence-corrected chi connectivity index (χ4v) is 5.20. The summed E-state index contributed by atoms with van der Waals surface area (Å²) >= 11 is 0. The second kappa shape index (κ2) is 7.12. The Morgan fingerprint density at radius 3 is 2.46 bits per heavy atom. The minimum Gasteiger partial charge on any atom is -0.481 e. The molecule has 2 bridgehead atoms. The summed E-state index contributed by atoms with van der Waals surface area (Å²) in [5.41, 5.74) is 3.89. The molecule has 4 atom stereocenters. The molecule has 2 fully saturated rings. The molecule has 0 spiro atoms. The summed E-state index contributed by atoms with van der Waals surface area (Å²) < 4.78 is 0. The third kappa shape index (κ3) is 3.15. The maximum atomic E-state index is 12.7. The first kappa shape index (κ1) is 17.2. The van der Waals surface area contributed by atoms with Crippen molar-refractivity contribution in [1.29, 1.82) is 0 Å². The molecule has 0 saturated heterocycles. The lowest BCUT2D eigenvalue weighted by Crippen LogP contribution is -2.41. The van der Waals surface area contributed by atoms with Gasteiger partial charge in [0, 0.05) is 6.54 Å². The van der Waals surface area contributed by atoms with E-state index in [1.54, 1.807) is 0 Å². The zero-order valence-electron chi connectivity index (χ0n) is 14.8. The number of hydrogen-bond acceptors (Lipinski definition) is 2. The van der Waals surface area contributed by atoms with Gasteiger partial charge < -0.3 is 10.4 Å². The van der Waals surface area contributed by atoms with Crippen LogP contribution in [0.25, 0.3) is 0 Å². The number of carboxylic acid groups (broad SMARTS) is 1. The predicted molar refractivity (Wildman–Crippen MR) is 93.4 cm³/mol. The van der Waals surface area contributed by atoms with Crippen LogP contribution in [0.5, 0.6) is 0 Å². The fourth-order valence-electron chi connectivity index (χ4n) is 5.20. The number of rotatable bonds is 5. The van der Waals surface area contributed by atoms with E-state index in [0.29, 0.717) is 6.54 Å². The molecule has 0 heterocycles. The van der Waals surface area contributed by atoms with E-state index in [-0.39, 0.29) is 23.7 Å². The van der Waals surface area contributed by atoms with Crippen molar-refractivity contribution in [2.75, 3.05) is 6.54 Å². The second-order valence-electron chi connectivity index (χ2n) is 7.78. The Morgan fingerprint density at radius 2 is 1.88 bits per heavy atom. The molecule has 4 nitrogen and oxygen atoms in total. The van der Waals surface area contributed by atoms with Crippen LogP contribution in [0.15, 0.2) is 22.8 Å². The highest BCUT2D eigenvalue weighted by Crippen LogP contribution is 2.57. The third-order valence-electron chi connectivity index (χ3n) is 6.14. The van der Waals surface area contributed by atoms with E-state index in [2.05, 4.69) is 25.2 Å². The van der Waals surface area contributed by atoms with Crippen LogP contribution in [0.1, 0.15) is 58.8 Å². The van der Waals surface area contributed by atoms with E-state index in [1.807, 2.05) is 0 Å². The molecular weight excluding hydrogens is 302 g/mol. The minimum atomic E-state index is -0.809. The highest BCUT2D eigenvalue weighted by atomic mass is 16.4. The van der Waals surface area contributed by atoms with Crippen molar-refractivity contribution in [1.82, 2.24) is 5.32 Å². The first-order valence-electron chi connectivity index (χ1n) is 9.36. The van der Waals surface area contributed by atoms with Crippen molar-refractivity contribution in [3.63, 3.8) is 0 Å². The van der Waals surface area contributed by atoms with Crippen LogP contribution in [0.3, 0.4) is 0 Å². The Balaban J connectivity index is 1.66. The van der Waals surface area contributed by atoms with Crippen LogP contribution < -0.4 is 5.32 Å². The maximum absolute atomic E-state index is 12.7. The average molecular weight is 331 g/mol. The summed E-state index contributed by atoms with van der Waals surface area (Å²) in [5.74, 6) is -1.58. The van der Waals surface area contributed by atoms with Gasteiger partial charge in [-0.2, -0.15) is 0 Å². The topological polar surface area (TPSA) is 66.4 Å². The van der Waals surface area contributed by atoms with Crippen molar-refractivity contribution < 1.29 is 14.7 Å². The summed E-state index contributed by atoms with van der Waals surface area (Å²) in [4.78, 5) is 24.5. The SMILES string of the molecule is CC(C)=C1[C@H]2CC[C@@H]1[C@H](C(=O)NCCC1=CCCCC1)[C@@H]2C(=O)O. The molecule has 0 aromatic rings. The Morgan fingerprint density at radius 1 is 1.17 bits per heavy atom. The van der Waals surface area contributed by atoms with Crippen LogP contribution in [0.2, 0.25) is 0 Å². The Kier molecular flexibility index (Phi) is 5.12. The number of aliphatic carboxylic acids is 1. The molecule has 0 aromatic carbocycles. The number of amides is 1. The van der Waals surface area contributed by atoms with Gasteiger partial charge in [-0.15, -0.1) is 0 Å². The number of fused-ring (bicyclic) bond motifs is 2. The molecule has 3 rings (SSSR count). The van der Waals surface area contributed by atoms with Crippen LogP contribution in [0, 0.1) is 23.7 Å². The zero-order chi connectivity index (χ0) is 17.3. The largest absolute Gasteiger partial charge is 0.481 e. The molecule has 3 aliphatic rings. The van der Waals surface area contributed by atoms with Crippen LogP contribution in [-0.2, 0) is 9.59 Å². The Labute approximate surface area is 144 Å². The number of allylic oxidation sites excluding steroid dienone is 3. The van der Waals surface area contributed by atoms with Gasteiger partial charge in [-0.25, -0.2) is 0 Å². The molecule has 1 amide bonds. The smallest absolute Gasteiger partial charge is 0.307 e. The molecule has 0 unspecified atom stereocenters. The van der Waals surface area contributed by atoms with E-state index in [1.165, 1.54) is 29.6 Å². The highest BCUT2D eigenvalue weighted by Gasteiger charge is 2.57. The second-order valence-corrected chi connectivity index (χ2v) is 7.78. The van der Waals surface area contributed by atoms with Crippen LogP contribution in [0.4, 0.5) is 0 Å². The van der Waals surface area contributed by atoms with E-state index in [9.17, 15) is 14.7 Å². The molecule has 2 N–H and O–H groups in total. The van der Waals surface area contributed by atoms with E-state index in [4.69, 9.17) is 0 Å². The first-order valence-corrected chi connectivity index (χ1v) is 9.36. The predicted octanol–water partition coefficient (Wildman–Crippen LogP) is 3.69. The number of hydrogen-bond donors (Lipinski definition) is 2. The minimum absolute atomic E-state index is 0.0511. The zero-order valence-corrected chi connectivity index (χ0v) is 14.8. The van der Waals surface area contributed by atoms with Gasteiger partial charge in [-0.1, -0.05) is 22.8 Å². The van der Waals surface area contributed by atoms with Gasteiger partial charge in [-0.3, -0.25) is 9.59 Å². The van der Waals surface area contributed by atoms with Gasteiger partial charge in [0.15, 0.2) is 0 Å². The summed E-state index contributed by atoms with van der Waals surface area (Å²) in [7, 11) is 0. The lowest BCUT2D eigenvalue weighted by atomic mass is 9.78. The summed E-state index contributed by atoms with van der Waals surface area (Å²) in [6.07, 6.45) is 9.89. The highest BCUT2D eigenvalue weighted by molar-refractivity contribution is 5.87. The lowest BCUT2D eigenvalue weighted by Gasteiger charge is -2.26. The number of carboxylic acids is 1. The van der Waals surface area contributed by atoms with Gasteiger partial charge in [0.25, 0.3) is 0 Å². The standard InChI is InChI=1S/C20H29NO3/c1-12(2)16-14-8-9-15(16)18(20(23)24)17(14)19(22)21-11-10-13-6-4-3-5-7-13/h6,14-15,17-18H,3-5,7-11H2,1-2H3,(H,21,22)(H,23,24)/t14-,15+,17-,18+/m0/s1. The molecule has 0 aliphatic heterocycles. The normalized spacial score (nSPS) is 31.8.